The fraction of sp³-hybridized carbons (Fsp3) is 0.500. The number of thiocarbonyl (C=S) groups is 1. The van der Waals surface area contributed by atoms with Crippen molar-refractivity contribution in [2.24, 2.45) is 0 Å². The molecule has 0 aliphatic rings. The molecule has 3 N–H and O–H groups in total. The number of carbonyl (C=O) groups is 1. The molecule has 0 aromatic carbocycles. The van der Waals surface area contributed by atoms with Crippen LogP contribution < -0.4 is 5.48 Å². The van der Waals surface area contributed by atoms with E-state index in [0.717, 1.165) is 0 Å². The van der Waals surface area contributed by atoms with Crippen molar-refractivity contribution in [1.82, 2.24) is 5.48 Å². The van der Waals surface area contributed by atoms with Gasteiger partial charge in [0.25, 0.3) is 5.17 Å². The molecule has 0 heterocycles. The third kappa shape index (κ3) is 3.21. The molecule has 0 radical (unpaired) electrons. The van der Waals surface area contributed by atoms with E-state index in [4.69, 9.17) is 10.3 Å². The Labute approximate surface area is 62.6 Å². The Balaban J connectivity index is 3.68. The van der Waals surface area contributed by atoms with Gasteiger partial charge < -0.3 is 9.84 Å². The number of nitrogens with one attached hydrogen (secondary N) is 1. The van der Waals surface area contributed by atoms with E-state index in [1.807, 2.05) is 0 Å². The van der Waals surface area contributed by atoms with E-state index in [-0.39, 0.29) is 5.17 Å². The Kier molecular flexibility index (Phi) is 3.67. The lowest BCUT2D eigenvalue weighted by molar-refractivity contribution is -0.144. The van der Waals surface area contributed by atoms with E-state index in [1.165, 1.54) is 12.4 Å². The fourth-order valence-corrected chi connectivity index (χ4v) is 0.382. The van der Waals surface area contributed by atoms with Crippen LogP contribution in [0.2, 0.25) is 0 Å². The van der Waals surface area contributed by atoms with Gasteiger partial charge in [-0.25, -0.2) is 10.3 Å². The highest BCUT2D eigenvalue weighted by molar-refractivity contribution is 7.80. The SMILES string of the molecule is CC(OC(=S)NO)C(=O)O. The van der Waals surface area contributed by atoms with E-state index in [9.17, 15) is 4.79 Å². The first-order valence-corrected chi connectivity index (χ1v) is 2.82. The minimum Gasteiger partial charge on any atom is -0.479 e. The maximum atomic E-state index is 10.1. The topological polar surface area (TPSA) is 78.8 Å². The van der Waals surface area contributed by atoms with Gasteiger partial charge in [0.15, 0.2) is 6.10 Å². The summed E-state index contributed by atoms with van der Waals surface area (Å²) in [5.74, 6) is -1.14. The fourth-order valence-electron chi connectivity index (χ4n) is 0.237. The van der Waals surface area contributed by atoms with Crippen LogP contribution in [0.25, 0.3) is 0 Å². The largest absolute Gasteiger partial charge is 0.479 e. The van der Waals surface area contributed by atoms with Crippen molar-refractivity contribution < 1.29 is 19.8 Å². The summed E-state index contributed by atoms with van der Waals surface area (Å²) in [5.41, 5.74) is 1.50. The first kappa shape index (κ1) is 9.12. The lowest BCUT2D eigenvalue weighted by Gasteiger charge is -2.08. The van der Waals surface area contributed by atoms with Crippen LogP contribution in [0.3, 0.4) is 0 Å². The molecule has 0 aromatic heterocycles. The second kappa shape index (κ2) is 4.02. The molecular weight excluding hydrogens is 158 g/mol. The third-order valence-electron chi connectivity index (χ3n) is 0.723. The molecule has 1 atom stereocenters. The number of ether oxygens (including phenoxy) is 1. The van der Waals surface area contributed by atoms with Gasteiger partial charge in [-0.1, -0.05) is 0 Å². The number of aliphatic carboxylic acids is 1. The quantitative estimate of drug-likeness (QED) is 0.386. The van der Waals surface area contributed by atoms with Crippen LogP contribution in [0.4, 0.5) is 0 Å². The zero-order valence-corrected chi connectivity index (χ0v) is 6.01. The Bertz CT molecular complexity index is 148. The second-order valence-corrected chi connectivity index (χ2v) is 1.87. The Hall–Kier alpha value is -0.880. The number of rotatable bonds is 2. The summed E-state index contributed by atoms with van der Waals surface area (Å²) in [6, 6.07) is 0. The summed E-state index contributed by atoms with van der Waals surface area (Å²) in [4.78, 5) is 10.1. The van der Waals surface area contributed by atoms with Gasteiger partial charge >= 0.3 is 5.97 Å². The summed E-state index contributed by atoms with van der Waals surface area (Å²) in [5, 5.41) is 15.9. The highest BCUT2D eigenvalue weighted by Crippen LogP contribution is 1.90. The summed E-state index contributed by atoms with van der Waals surface area (Å²) < 4.78 is 4.43. The van der Waals surface area contributed by atoms with Crippen molar-refractivity contribution in [2.45, 2.75) is 13.0 Å². The Morgan fingerprint density at radius 1 is 1.80 bits per heavy atom. The van der Waals surface area contributed by atoms with Crippen LogP contribution >= 0.6 is 12.2 Å². The molecule has 0 amide bonds. The lowest BCUT2D eigenvalue weighted by Crippen LogP contribution is -2.29. The molecule has 0 spiro atoms. The van der Waals surface area contributed by atoms with Gasteiger partial charge in [-0.3, -0.25) is 5.21 Å². The molecule has 0 saturated carbocycles. The van der Waals surface area contributed by atoms with Crippen molar-refractivity contribution in [2.75, 3.05) is 0 Å². The third-order valence-corrected chi connectivity index (χ3v) is 0.910. The van der Waals surface area contributed by atoms with Gasteiger partial charge in [-0.05, 0) is 19.1 Å². The highest BCUT2D eigenvalue weighted by Gasteiger charge is 2.12. The monoisotopic (exact) mass is 165 g/mol. The van der Waals surface area contributed by atoms with Gasteiger partial charge in [-0.15, -0.1) is 0 Å². The van der Waals surface area contributed by atoms with Crippen LogP contribution in [0.15, 0.2) is 0 Å². The number of carboxylic acid groups (broad SMARTS) is 1. The molecule has 0 aromatic rings. The summed E-state index contributed by atoms with van der Waals surface area (Å²) in [6.07, 6.45) is -1.05. The van der Waals surface area contributed by atoms with Crippen molar-refractivity contribution >= 4 is 23.4 Å². The van der Waals surface area contributed by atoms with Gasteiger partial charge in [0.2, 0.25) is 0 Å². The molecular formula is C4H7NO4S. The molecule has 0 bridgehead atoms. The molecule has 6 heteroatoms. The van der Waals surface area contributed by atoms with E-state index in [2.05, 4.69) is 17.0 Å². The average molecular weight is 165 g/mol. The van der Waals surface area contributed by atoms with E-state index >= 15 is 0 Å². The standard InChI is InChI=1S/C4H7NO4S/c1-2(3(6)7)9-4(10)5-8/h2,8H,1H3,(H,5,10)(H,6,7). The predicted octanol–water partition coefficient (Wildman–Crippen LogP) is -0.260. The first-order valence-electron chi connectivity index (χ1n) is 2.41. The van der Waals surface area contributed by atoms with E-state index < -0.39 is 12.1 Å². The summed E-state index contributed by atoms with van der Waals surface area (Å²) in [6.45, 7) is 1.30. The predicted molar refractivity (Wildman–Crippen MR) is 35.7 cm³/mol. The number of carboxylic acids is 1. The normalized spacial score (nSPS) is 11.8. The minimum atomic E-state index is -1.14. The van der Waals surface area contributed by atoms with Crippen LogP contribution in [-0.4, -0.2) is 27.6 Å². The Morgan fingerprint density at radius 2 is 2.30 bits per heavy atom. The molecule has 5 nitrogen and oxygen atoms in total. The van der Waals surface area contributed by atoms with Crippen LogP contribution in [-0.2, 0) is 9.53 Å². The molecule has 0 rings (SSSR count). The molecule has 0 aliphatic carbocycles. The minimum absolute atomic E-state index is 0.352. The molecule has 58 valence electrons. The van der Waals surface area contributed by atoms with Crippen LogP contribution in [0, 0.1) is 0 Å². The molecule has 1 unspecified atom stereocenters. The highest BCUT2D eigenvalue weighted by atomic mass is 32.1. The molecule has 0 saturated heterocycles. The Morgan fingerprint density at radius 3 is 2.60 bits per heavy atom. The summed E-state index contributed by atoms with van der Waals surface area (Å²) >= 11 is 4.30. The maximum Gasteiger partial charge on any atom is 0.344 e. The zero-order chi connectivity index (χ0) is 8.15. The van der Waals surface area contributed by atoms with Crippen molar-refractivity contribution in [1.29, 1.82) is 0 Å². The van der Waals surface area contributed by atoms with E-state index in [1.54, 1.807) is 0 Å². The van der Waals surface area contributed by atoms with Crippen LogP contribution in [0.5, 0.6) is 0 Å². The van der Waals surface area contributed by atoms with Crippen LogP contribution in [0.1, 0.15) is 6.92 Å². The molecule has 10 heavy (non-hydrogen) atoms. The summed E-state index contributed by atoms with van der Waals surface area (Å²) in [7, 11) is 0. The average Bonchev–Trinajstić information content (AvgIpc) is 1.87. The molecule has 0 aliphatic heterocycles. The lowest BCUT2D eigenvalue weighted by atomic mass is 10.4. The number of hydrogen-bond donors (Lipinski definition) is 3. The maximum absolute atomic E-state index is 10.1. The zero-order valence-electron chi connectivity index (χ0n) is 5.20. The van der Waals surface area contributed by atoms with Crippen molar-refractivity contribution in [3.63, 3.8) is 0 Å². The second-order valence-electron chi connectivity index (χ2n) is 1.50. The van der Waals surface area contributed by atoms with Gasteiger partial charge in [0.05, 0.1) is 0 Å². The number of hydroxylamine groups is 1. The first-order chi connectivity index (χ1) is 4.57. The van der Waals surface area contributed by atoms with E-state index in [0.29, 0.717) is 0 Å². The van der Waals surface area contributed by atoms with Crippen molar-refractivity contribution in [3.8, 4) is 0 Å². The van der Waals surface area contributed by atoms with Gasteiger partial charge in [-0.2, -0.15) is 0 Å². The van der Waals surface area contributed by atoms with Gasteiger partial charge in [0.1, 0.15) is 0 Å². The van der Waals surface area contributed by atoms with Crippen molar-refractivity contribution in [3.05, 3.63) is 0 Å². The number of hydrogen-bond acceptors (Lipinski definition) is 4. The van der Waals surface area contributed by atoms with Gasteiger partial charge in [0, 0.05) is 0 Å². The smallest absolute Gasteiger partial charge is 0.344 e. The molecule has 0 fully saturated rings.